The number of aromatic nitrogens is 2. The molecule has 0 fully saturated rings. The Labute approximate surface area is 162 Å². The quantitative estimate of drug-likeness (QED) is 0.435. The second kappa shape index (κ2) is 8.94. The van der Waals surface area contributed by atoms with Crippen LogP contribution in [0.2, 0.25) is 0 Å². The first kappa shape index (κ1) is 19.3. The zero-order valence-corrected chi connectivity index (χ0v) is 15.7. The molecule has 0 saturated heterocycles. The van der Waals surface area contributed by atoms with Crippen molar-refractivity contribution in [2.45, 2.75) is 26.9 Å². The molecule has 3 aromatic rings. The third kappa shape index (κ3) is 5.03. The molecule has 2 aromatic carbocycles. The van der Waals surface area contributed by atoms with Gasteiger partial charge in [-0.1, -0.05) is 48.5 Å². The maximum Gasteiger partial charge on any atom is 0.344 e. The minimum atomic E-state index is -0.583. The Balaban J connectivity index is 1.50. The van der Waals surface area contributed by atoms with Gasteiger partial charge in [-0.3, -0.25) is 4.79 Å². The Morgan fingerprint density at radius 2 is 1.89 bits per heavy atom. The highest BCUT2D eigenvalue weighted by atomic mass is 16.6. The highest BCUT2D eigenvalue weighted by Crippen LogP contribution is 2.17. The van der Waals surface area contributed by atoms with Crippen LogP contribution in [0.3, 0.4) is 0 Å². The van der Waals surface area contributed by atoms with E-state index in [1.165, 1.54) is 12.5 Å². The number of Topliss-reactive ketones (excluding diaryl/α,β-unsaturated/α-hetero) is 1. The van der Waals surface area contributed by atoms with E-state index in [4.69, 9.17) is 14.0 Å². The summed E-state index contributed by atoms with van der Waals surface area (Å²) in [5, 5.41) is 3.90. The molecule has 0 amide bonds. The van der Waals surface area contributed by atoms with Crippen molar-refractivity contribution < 1.29 is 23.6 Å². The average molecular weight is 380 g/mol. The summed E-state index contributed by atoms with van der Waals surface area (Å²) >= 11 is 0. The van der Waals surface area contributed by atoms with Crippen molar-refractivity contribution in [3.8, 4) is 17.1 Å². The second-order valence-corrected chi connectivity index (χ2v) is 6.10. The van der Waals surface area contributed by atoms with Crippen molar-refractivity contribution in [1.29, 1.82) is 0 Å². The largest absolute Gasteiger partial charge is 0.482 e. The Morgan fingerprint density at radius 3 is 2.61 bits per heavy atom. The zero-order valence-electron chi connectivity index (χ0n) is 15.7. The lowest BCUT2D eigenvalue weighted by Gasteiger charge is -2.06. The van der Waals surface area contributed by atoms with Crippen molar-refractivity contribution in [3.63, 3.8) is 0 Å². The summed E-state index contributed by atoms with van der Waals surface area (Å²) in [6.45, 7) is 3.11. The topological polar surface area (TPSA) is 91.5 Å². The van der Waals surface area contributed by atoms with Crippen molar-refractivity contribution in [3.05, 3.63) is 65.5 Å². The molecule has 1 heterocycles. The van der Waals surface area contributed by atoms with Crippen molar-refractivity contribution in [2.24, 2.45) is 0 Å². The molecule has 7 heteroatoms. The molecule has 0 aliphatic heterocycles. The van der Waals surface area contributed by atoms with Crippen LogP contribution in [0.1, 0.15) is 35.7 Å². The van der Waals surface area contributed by atoms with Gasteiger partial charge in [0.25, 0.3) is 5.89 Å². The number of nitrogens with zero attached hydrogens (tertiary/aromatic N) is 2. The molecular weight excluding hydrogens is 360 g/mol. The molecule has 0 bridgehead atoms. The number of ether oxygens (including phenoxy) is 2. The number of carbonyl (C=O) groups excluding carboxylic acids is 2. The molecule has 0 unspecified atom stereocenters. The van der Waals surface area contributed by atoms with E-state index in [-0.39, 0.29) is 24.9 Å². The van der Waals surface area contributed by atoms with Crippen LogP contribution < -0.4 is 4.74 Å². The molecule has 7 nitrogen and oxygen atoms in total. The maximum atomic E-state index is 11.9. The van der Waals surface area contributed by atoms with Crippen LogP contribution in [-0.2, 0) is 22.6 Å². The molecule has 0 aliphatic rings. The van der Waals surface area contributed by atoms with Crippen molar-refractivity contribution in [2.75, 3.05) is 6.61 Å². The molecule has 0 atom stereocenters. The number of aryl methyl sites for hydroxylation is 1. The summed E-state index contributed by atoms with van der Waals surface area (Å²) < 4.78 is 15.6. The van der Waals surface area contributed by atoms with Crippen LogP contribution in [-0.4, -0.2) is 28.5 Å². The number of rotatable bonds is 8. The van der Waals surface area contributed by atoms with Gasteiger partial charge in [0, 0.05) is 11.1 Å². The van der Waals surface area contributed by atoms with Crippen LogP contribution in [0.5, 0.6) is 5.75 Å². The molecular formula is C21H20N2O5. The van der Waals surface area contributed by atoms with E-state index >= 15 is 0 Å². The SMILES string of the molecule is CCc1ccc(-c2noc(COC(=O)COc3cccc(C(C)=O)c3)n2)cc1. The Bertz CT molecular complexity index is 963. The van der Waals surface area contributed by atoms with E-state index < -0.39 is 5.97 Å². The zero-order chi connectivity index (χ0) is 19.9. The third-order valence-electron chi connectivity index (χ3n) is 4.04. The van der Waals surface area contributed by atoms with Crippen LogP contribution >= 0.6 is 0 Å². The number of carbonyl (C=O) groups is 2. The smallest absolute Gasteiger partial charge is 0.344 e. The van der Waals surface area contributed by atoms with E-state index in [0.717, 1.165) is 12.0 Å². The lowest BCUT2D eigenvalue weighted by Crippen LogP contribution is -2.15. The summed E-state index contributed by atoms with van der Waals surface area (Å²) in [5.41, 5.74) is 2.55. The average Bonchev–Trinajstić information content (AvgIpc) is 3.20. The third-order valence-corrected chi connectivity index (χ3v) is 4.04. The predicted molar refractivity (Wildman–Crippen MR) is 101 cm³/mol. The van der Waals surface area contributed by atoms with E-state index in [9.17, 15) is 9.59 Å². The van der Waals surface area contributed by atoms with E-state index in [0.29, 0.717) is 17.1 Å². The molecule has 0 N–H and O–H groups in total. The molecule has 144 valence electrons. The number of hydrogen-bond donors (Lipinski definition) is 0. The lowest BCUT2D eigenvalue weighted by atomic mass is 10.1. The number of benzene rings is 2. The fourth-order valence-electron chi connectivity index (χ4n) is 2.45. The molecule has 0 aliphatic carbocycles. The van der Waals surface area contributed by atoms with Crippen LogP contribution in [0.25, 0.3) is 11.4 Å². The van der Waals surface area contributed by atoms with E-state index in [1.54, 1.807) is 24.3 Å². The first-order valence-electron chi connectivity index (χ1n) is 8.86. The van der Waals surface area contributed by atoms with Gasteiger partial charge in [-0.15, -0.1) is 0 Å². The van der Waals surface area contributed by atoms with E-state index in [2.05, 4.69) is 17.1 Å². The Hall–Kier alpha value is -3.48. The minimum absolute atomic E-state index is 0.0791. The second-order valence-electron chi connectivity index (χ2n) is 6.10. The number of hydrogen-bond acceptors (Lipinski definition) is 7. The summed E-state index contributed by atoms with van der Waals surface area (Å²) in [5.74, 6) is 0.387. The molecule has 0 saturated carbocycles. The Kier molecular flexibility index (Phi) is 6.16. The first-order valence-corrected chi connectivity index (χ1v) is 8.86. The van der Waals surface area contributed by atoms with Gasteiger partial charge in [0.15, 0.2) is 19.0 Å². The summed E-state index contributed by atoms with van der Waals surface area (Å²) in [4.78, 5) is 27.4. The van der Waals surface area contributed by atoms with Crippen molar-refractivity contribution >= 4 is 11.8 Å². The predicted octanol–water partition coefficient (Wildman–Crippen LogP) is 3.62. The van der Waals surface area contributed by atoms with Crippen LogP contribution in [0.4, 0.5) is 0 Å². The van der Waals surface area contributed by atoms with Gasteiger partial charge in [0.05, 0.1) is 0 Å². The molecule has 1 aromatic heterocycles. The summed E-state index contributed by atoms with van der Waals surface area (Å²) in [7, 11) is 0. The number of ketones is 1. The van der Waals surface area contributed by atoms with E-state index in [1.807, 2.05) is 24.3 Å². The van der Waals surface area contributed by atoms with Gasteiger partial charge in [-0.05, 0) is 31.0 Å². The standard InChI is InChI=1S/C21H20N2O5/c1-3-15-7-9-16(10-8-15)21-22-19(28-23-21)12-27-20(25)13-26-18-6-4-5-17(11-18)14(2)24/h4-11H,3,12-13H2,1-2H3. The van der Waals surface area contributed by atoms with Gasteiger partial charge in [0.1, 0.15) is 5.75 Å². The first-order chi connectivity index (χ1) is 13.5. The Morgan fingerprint density at radius 1 is 1.11 bits per heavy atom. The molecule has 3 rings (SSSR count). The minimum Gasteiger partial charge on any atom is -0.482 e. The monoisotopic (exact) mass is 380 g/mol. The fraction of sp³-hybridized carbons (Fsp3) is 0.238. The van der Waals surface area contributed by atoms with Crippen molar-refractivity contribution in [1.82, 2.24) is 10.1 Å². The van der Waals surface area contributed by atoms with Gasteiger partial charge in [-0.25, -0.2) is 4.79 Å². The van der Waals surface area contributed by atoms with Crippen LogP contribution in [0.15, 0.2) is 53.1 Å². The molecule has 0 radical (unpaired) electrons. The van der Waals surface area contributed by atoms with Crippen LogP contribution in [0, 0.1) is 0 Å². The summed E-state index contributed by atoms with van der Waals surface area (Å²) in [6, 6.07) is 14.4. The lowest BCUT2D eigenvalue weighted by molar-refractivity contribution is -0.148. The summed E-state index contributed by atoms with van der Waals surface area (Å²) in [6.07, 6.45) is 0.953. The number of esters is 1. The highest BCUT2D eigenvalue weighted by Gasteiger charge is 2.12. The highest BCUT2D eigenvalue weighted by molar-refractivity contribution is 5.94. The normalized spacial score (nSPS) is 10.5. The van der Waals surface area contributed by atoms with Gasteiger partial charge in [-0.2, -0.15) is 4.98 Å². The maximum absolute atomic E-state index is 11.9. The molecule has 0 spiro atoms. The van der Waals surface area contributed by atoms with Gasteiger partial charge < -0.3 is 14.0 Å². The van der Waals surface area contributed by atoms with Gasteiger partial charge >= 0.3 is 5.97 Å². The molecule has 28 heavy (non-hydrogen) atoms. The fourth-order valence-corrected chi connectivity index (χ4v) is 2.45. The van der Waals surface area contributed by atoms with Gasteiger partial charge in [0.2, 0.25) is 5.82 Å².